The largest absolute Gasteiger partial charge is 1.00 e. The van der Waals surface area contributed by atoms with Crippen LogP contribution >= 0.6 is 0 Å². The van der Waals surface area contributed by atoms with E-state index in [1.54, 1.807) is 0 Å². The summed E-state index contributed by atoms with van der Waals surface area (Å²) in [5.41, 5.74) is 0. The molecular weight excluding hydrogens is 327 g/mol. The van der Waals surface area contributed by atoms with E-state index >= 15 is 0 Å². The van der Waals surface area contributed by atoms with E-state index in [4.69, 9.17) is 56.2 Å². The minimum absolute atomic E-state index is 0. The predicted octanol–water partition coefficient (Wildman–Crippen LogP) is -9.34. The van der Waals surface area contributed by atoms with Crippen molar-refractivity contribution in [1.82, 2.24) is 0 Å². The summed E-state index contributed by atoms with van der Waals surface area (Å²) in [5.74, 6) is 0. The van der Waals surface area contributed by atoms with Gasteiger partial charge in [-0.1, -0.05) is 0 Å². The summed E-state index contributed by atoms with van der Waals surface area (Å²) in [6, 6.07) is 0. The van der Waals surface area contributed by atoms with Crippen LogP contribution in [0.5, 0.6) is 0 Å². The second-order valence-corrected chi connectivity index (χ2v) is 3.39. The summed E-state index contributed by atoms with van der Waals surface area (Å²) < 4.78 is 35.0. The molecule has 17 heavy (non-hydrogen) atoms. The van der Waals surface area contributed by atoms with Crippen molar-refractivity contribution in [2.45, 2.75) is 0 Å². The summed E-state index contributed by atoms with van der Waals surface area (Å²) in [6.45, 7) is 0. The van der Waals surface area contributed by atoms with Gasteiger partial charge in [0.25, 0.3) is 0 Å². The Labute approximate surface area is 123 Å². The van der Waals surface area contributed by atoms with Gasteiger partial charge in [-0.15, -0.1) is 0 Å². The van der Waals surface area contributed by atoms with Crippen LogP contribution in [0.3, 0.4) is 0 Å². The zero-order valence-electron chi connectivity index (χ0n) is 9.21. The third-order valence-corrected chi connectivity index (χ3v) is 0. The summed E-state index contributed by atoms with van der Waals surface area (Å²) in [7, 11) is -12.5. The monoisotopic (exact) mass is 336 g/mol. The van der Waals surface area contributed by atoms with E-state index in [0.29, 0.717) is 0 Å². The van der Waals surface area contributed by atoms with Crippen LogP contribution in [0.4, 0.5) is 0 Å². The standard InChI is InChI=1S/Na.4H2O3Si.H/c;4*1-4(2)3;/h;4*1-2H;/q+1;;;;;-1. The smallest absolute Gasteiger partial charge is 1.00 e. The van der Waals surface area contributed by atoms with E-state index in [-0.39, 0.29) is 31.0 Å². The molecule has 0 saturated carbocycles. The SMILES string of the molecule is O=[Si](O)O.O=[Si](O)O.O=[Si](O)O.O=[Si](O)O.[H-].[Na+]. The number of hydrogen-bond donors (Lipinski definition) is 8. The molecule has 0 heterocycles. The van der Waals surface area contributed by atoms with Crippen molar-refractivity contribution >= 4 is 36.7 Å². The van der Waals surface area contributed by atoms with E-state index in [2.05, 4.69) is 0 Å². The first-order valence-corrected chi connectivity index (χ1v) is 7.82. The van der Waals surface area contributed by atoms with Crippen molar-refractivity contribution < 1.29 is 87.2 Å². The third-order valence-electron chi connectivity index (χ3n) is 0. The average Bonchev–Trinajstić information content (AvgIpc) is 1.76. The Hall–Kier alpha value is -0.532. The molecule has 0 amide bonds. The molecular formula is H9NaO12Si4. The Kier molecular flexibility index (Phi) is 43.4. The summed E-state index contributed by atoms with van der Waals surface area (Å²) in [6.07, 6.45) is 0. The maximum atomic E-state index is 8.74. The van der Waals surface area contributed by atoms with Gasteiger partial charge in [0.1, 0.15) is 0 Å². The molecule has 0 bridgehead atoms. The fraction of sp³-hybridized carbons (Fsp3) is 0. The fourth-order valence-corrected chi connectivity index (χ4v) is 0. The molecule has 0 atom stereocenters. The Balaban J connectivity index is -0.0000000257. The van der Waals surface area contributed by atoms with Crippen LogP contribution in [0.1, 0.15) is 1.43 Å². The van der Waals surface area contributed by atoms with E-state index in [1.165, 1.54) is 0 Å². The molecule has 0 aromatic heterocycles. The zero-order valence-corrected chi connectivity index (χ0v) is 14.2. The molecule has 0 spiro atoms. The molecule has 0 unspecified atom stereocenters. The van der Waals surface area contributed by atoms with Gasteiger partial charge in [-0.25, -0.2) is 0 Å². The van der Waals surface area contributed by atoms with Gasteiger partial charge >= 0.3 is 66.2 Å². The molecule has 8 N–H and O–H groups in total. The Morgan fingerprint density at radius 1 is 0.471 bits per heavy atom. The fourth-order valence-electron chi connectivity index (χ4n) is 0. The Morgan fingerprint density at radius 3 is 0.471 bits per heavy atom. The Bertz CT molecular complexity index is 164. The molecule has 98 valence electrons. The summed E-state index contributed by atoms with van der Waals surface area (Å²) >= 11 is 0. The number of hydrogen-bond acceptors (Lipinski definition) is 4. The Morgan fingerprint density at radius 2 is 0.471 bits per heavy atom. The van der Waals surface area contributed by atoms with Crippen LogP contribution in [0.2, 0.25) is 0 Å². The molecule has 0 aromatic carbocycles. The molecule has 12 nitrogen and oxygen atoms in total. The van der Waals surface area contributed by atoms with Gasteiger partial charge in [-0.2, -0.15) is 0 Å². The molecule has 0 aliphatic rings. The third kappa shape index (κ3) is 9890. The first-order chi connectivity index (χ1) is 6.93. The second kappa shape index (κ2) is 24.6. The quantitative estimate of drug-likeness (QED) is 0.193. The van der Waals surface area contributed by atoms with E-state index < -0.39 is 36.7 Å². The first kappa shape index (κ1) is 30.0. The summed E-state index contributed by atoms with van der Waals surface area (Å²) in [5, 5.41) is 0. The van der Waals surface area contributed by atoms with Crippen molar-refractivity contribution in [3.63, 3.8) is 0 Å². The van der Waals surface area contributed by atoms with Gasteiger partial charge in [0.05, 0.1) is 0 Å². The van der Waals surface area contributed by atoms with Gasteiger partial charge in [0, 0.05) is 0 Å². The molecule has 0 aliphatic carbocycles. The average molecular weight is 336 g/mol. The van der Waals surface area contributed by atoms with E-state index in [9.17, 15) is 0 Å². The molecule has 17 heteroatoms. The van der Waals surface area contributed by atoms with Gasteiger partial charge in [0.15, 0.2) is 0 Å². The molecule has 0 aromatic rings. The van der Waals surface area contributed by atoms with Gasteiger partial charge in [-0.05, 0) is 0 Å². The normalized spacial score (nSPS) is 5.65. The van der Waals surface area contributed by atoms with Crippen molar-refractivity contribution in [3.8, 4) is 0 Å². The van der Waals surface area contributed by atoms with Gasteiger partial charge < -0.3 is 39.8 Å². The van der Waals surface area contributed by atoms with Crippen LogP contribution in [0, 0.1) is 0 Å². The maximum Gasteiger partial charge on any atom is 1.00 e. The molecule has 0 fully saturated rings. The van der Waals surface area contributed by atoms with E-state index in [1.807, 2.05) is 0 Å². The van der Waals surface area contributed by atoms with Crippen LogP contribution < -0.4 is 29.6 Å². The van der Waals surface area contributed by atoms with Gasteiger partial charge in [0.2, 0.25) is 0 Å². The predicted molar refractivity (Wildman–Crippen MR) is 44.6 cm³/mol. The van der Waals surface area contributed by atoms with Crippen LogP contribution in [0.15, 0.2) is 0 Å². The molecule has 0 aliphatic heterocycles. The first-order valence-electron chi connectivity index (χ1n) is 2.61. The summed E-state index contributed by atoms with van der Waals surface area (Å²) in [4.78, 5) is 57.3. The molecule has 0 radical (unpaired) electrons. The minimum Gasteiger partial charge on any atom is -1.00 e. The molecule has 0 rings (SSSR count). The minimum atomic E-state index is -3.13. The van der Waals surface area contributed by atoms with Crippen molar-refractivity contribution in [1.29, 1.82) is 0 Å². The number of rotatable bonds is 0. The molecule has 0 saturated heterocycles. The van der Waals surface area contributed by atoms with Gasteiger partial charge in [-0.3, -0.25) is 17.8 Å². The van der Waals surface area contributed by atoms with E-state index in [0.717, 1.165) is 0 Å². The second-order valence-electron chi connectivity index (χ2n) is 1.13. The van der Waals surface area contributed by atoms with Crippen LogP contribution in [-0.4, -0.2) is 75.0 Å². The maximum absolute atomic E-state index is 8.74. The topological polar surface area (TPSA) is 230 Å². The van der Waals surface area contributed by atoms with Crippen molar-refractivity contribution in [2.75, 3.05) is 0 Å². The van der Waals surface area contributed by atoms with Crippen molar-refractivity contribution in [3.05, 3.63) is 0 Å². The van der Waals surface area contributed by atoms with Crippen LogP contribution in [-0.2, 0) is 17.8 Å². The van der Waals surface area contributed by atoms with Crippen molar-refractivity contribution in [2.24, 2.45) is 0 Å². The zero-order chi connectivity index (χ0) is 14.3. The van der Waals surface area contributed by atoms with Crippen LogP contribution in [0.25, 0.3) is 0 Å².